The zero-order chi connectivity index (χ0) is 6.85. The van der Waals surface area contributed by atoms with Gasteiger partial charge in [0, 0.05) is 11.4 Å². The highest BCUT2D eigenvalue weighted by Gasteiger charge is 2.03. The van der Waals surface area contributed by atoms with Crippen LogP contribution in [0.1, 0.15) is 20.8 Å². The third kappa shape index (κ3) is 1.12. The lowest BCUT2D eigenvalue weighted by Gasteiger charge is -2.14. The van der Waals surface area contributed by atoms with Gasteiger partial charge in [0.1, 0.15) is 6.67 Å². The molecular weight excluding hydrogens is 112 g/mol. The van der Waals surface area contributed by atoms with E-state index in [9.17, 15) is 0 Å². The van der Waals surface area contributed by atoms with Crippen molar-refractivity contribution in [3.8, 4) is 0 Å². The van der Waals surface area contributed by atoms with Crippen LogP contribution in [0.25, 0.3) is 0 Å². The lowest BCUT2D eigenvalue weighted by Crippen LogP contribution is -2.20. The van der Waals surface area contributed by atoms with E-state index in [-0.39, 0.29) is 0 Å². The molecule has 50 valence electrons. The van der Waals surface area contributed by atoms with Crippen molar-refractivity contribution in [3.05, 3.63) is 11.3 Å². The van der Waals surface area contributed by atoms with E-state index in [1.54, 1.807) is 0 Å². The van der Waals surface area contributed by atoms with E-state index in [1.807, 2.05) is 6.92 Å². The van der Waals surface area contributed by atoms with Gasteiger partial charge in [-0.05, 0) is 26.3 Å². The molecular formula is C7H12N2. The first-order chi connectivity index (χ1) is 4.22. The van der Waals surface area contributed by atoms with Gasteiger partial charge in [-0.15, -0.1) is 0 Å². The maximum Gasteiger partial charge on any atom is 0.107 e. The Balaban J connectivity index is 2.88. The Morgan fingerprint density at radius 2 is 2.00 bits per heavy atom. The highest BCUT2D eigenvalue weighted by Crippen LogP contribution is 2.05. The van der Waals surface area contributed by atoms with E-state index < -0.39 is 0 Å². The van der Waals surface area contributed by atoms with Crippen LogP contribution in [0.4, 0.5) is 0 Å². The highest BCUT2D eigenvalue weighted by atomic mass is 15.0. The Labute approximate surface area is 55.7 Å². The molecule has 2 heteroatoms. The van der Waals surface area contributed by atoms with Gasteiger partial charge in [0.15, 0.2) is 0 Å². The minimum absolute atomic E-state index is 0.745. The largest absolute Gasteiger partial charge is 0.370 e. The van der Waals surface area contributed by atoms with Crippen LogP contribution in [0.15, 0.2) is 16.3 Å². The SMILES string of the molecule is CC1=NCNC(C)=C1C. The Hall–Kier alpha value is -0.790. The van der Waals surface area contributed by atoms with Gasteiger partial charge in [-0.2, -0.15) is 0 Å². The molecule has 0 bridgehead atoms. The van der Waals surface area contributed by atoms with Crippen LogP contribution in [0.2, 0.25) is 0 Å². The van der Waals surface area contributed by atoms with Crippen LogP contribution in [0, 0.1) is 0 Å². The standard InChI is InChI=1S/C7H12N2/c1-5-6(2)8-4-9-7(5)3/h8H,4H2,1-3H3. The van der Waals surface area contributed by atoms with E-state index in [0.717, 1.165) is 12.4 Å². The molecule has 1 aliphatic rings. The number of nitrogens with one attached hydrogen (secondary N) is 1. The summed E-state index contributed by atoms with van der Waals surface area (Å²) in [6, 6.07) is 0. The fourth-order valence-corrected chi connectivity index (χ4v) is 0.799. The monoisotopic (exact) mass is 124 g/mol. The maximum absolute atomic E-state index is 4.21. The van der Waals surface area contributed by atoms with Crippen LogP contribution >= 0.6 is 0 Å². The Kier molecular flexibility index (Phi) is 1.56. The third-order valence-electron chi connectivity index (χ3n) is 1.77. The fourth-order valence-electron chi connectivity index (χ4n) is 0.799. The van der Waals surface area contributed by atoms with Crippen molar-refractivity contribution in [1.29, 1.82) is 0 Å². The van der Waals surface area contributed by atoms with Crippen LogP contribution in [0.5, 0.6) is 0 Å². The topological polar surface area (TPSA) is 24.4 Å². The molecule has 2 nitrogen and oxygen atoms in total. The first-order valence-corrected chi connectivity index (χ1v) is 3.14. The molecule has 0 aromatic heterocycles. The summed E-state index contributed by atoms with van der Waals surface area (Å²) in [6.45, 7) is 6.95. The fraction of sp³-hybridized carbons (Fsp3) is 0.571. The summed E-state index contributed by atoms with van der Waals surface area (Å²) >= 11 is 0. The molecule has 0 aromatic rings. The van der Waals surface area contributed by atoms with E-state index in [0.29, 0.717) is 0 Å². The van der Waals surface area contributed by atoms with Crippen molar-refractivity contribution in [2.75, 3.05) is 6.67 Å². The molecule has 0 fully saturated rings. The Morgan fingerprint density at radius 1 is 1.33 bits per heavy atom. The minimum Gasteiger partial charge on any atom is -0.370 e. The average molecular weight is 124 g/mol. The number of hydrogen-bond acceptors (Lipinski definition) is 2. The predicted octanol–water partition coefficient (Wildman–Crippen LogP) is 1.30. The second-order valence-electron chi connectivity index (χ2n) is 2.33. The zero-order valence-corrected chi connectivity index (χ0v) is 6.15. The molecule has 1 rings (SSSR count). The summed E-state index contributed by atoms with van der Waals surface area (Å²) in [5, 5.41) is 3.15. The molecule has 0 radical (unpaired) electrons. The molecule has 0 aliphatic carbocycles. The average Bonchev–Trinajstić information content (AvgIpc) is 1.83. The second kappa shape index (κ2) is 2.21. The first kappa shape index (κ1) is 6.33. The second-order valence-corrected chi connectivity index (χ2v) is 2.33. The van der Waals surface area contributed by atoms with Crippen LogP contribution in [0.3, 0.4) is 0 Å². The van der Waals surface area contributed by atoms with Crippen molar-refractivity contribution < 1.29 is 0 Å². The third-order valence-corrected chi connectivity index (χ3v) is 1.77. The number of rotatable bonds is 0. The quantitative estimate of drug-likeness (QED) is 0.517. The number of allylic oxidation sites excluding steroid dienone is 2. The molecule has 0 aromatic carbocycles. The Morgan fingerprint density at radius 3 is 2.44 bits per heavy atom. The lowest BCUT2D eigenvalue weighted by atomic mass is 10.1. The summed E-state index contributed by atoms with van der Waals surface area (Å²) < 4.78 is 0. The summed E-state index contributed by atoms with van der Waals surface area (Å²) in [5.41, 5.74) is 3.69. The van der Waals surface area contributed by atoms with Crippen molar-refractivity contribution in [1.82, 2.24) is 5.32 Å². The summed E-state index contributed by atoms with van der Waals surface area (Å²) in [4.78, 5) is 4.21. The normalized spacial score (nSPS) is 19.2. The summed E-state index contributed by atoms with van der Waals surface area (Å²) in [6.07, 6.45) is 0. The number of nitrogens with zero attached hydrogens (tertiary/aromatic N) is 1. The van der Waals surface area contributed by atoms with E-state index in [4.69, 9.17) is 0 Å². The van der Waals surface area contributed by atoms with E-state index in [2.05, 4.69) is 24.2 Å². The predicted molar refractivity (Wildman–Crippen MR) is 39.5 cm³/mol. The molecule has 0 saturated carbocycles. The van der Waals surface area contributed by atoms with Gasteiger partial charge in [0.05, 0.1) is 0 Å². The van der Waals surface area contributed by atoms with Crippen LogP contribution in [-0.4, -0.2) is 12.4 Å². The molecule has 0 unspecified atom stereocenters. The summed E-state index contributed by atoms with van der Waals surface area (Å²) in [7, 11) is 0. The summed E-state index contributed by atoms with van der Waals surface area (Å²) in [5.74, 6) is 0. The van der Waals surface area contributed by atoms with Crippen molar-refractivity contribution in [3.63, 3.8) is 0 Å². The molecule has 1 N–H and O–H groups in total. The van der Waals surface area contributed by atoms with E-state index >= 15 is 0 Å². The number of hydrogen-bond donors (Lipinski definition) is 1. The Bertz CT molecular complexity index is 177. The van der Waals surface area contributed by atoms with Gasteiger partial charge < -0.3 is 5.32 Å². The van der Waals surface area contributed by atoms with Crippen molar-refractivity contribution in [2.45, 2.75) is 20.8 Å². The lowest BCUT2D eigenvalue weighted by molar-refractivity contribution is 0.802. The molecule has 1 heterocycles. The molecule has 0 saturated heterocycles. The van der Waals surface area contributed by atoms with E-state index in [1.165, 1.54) is 11.3 Å². The van der Waals surface area contributed by atoms with Gasteiger partial charge in [0.25, 0.3) is 0 Å². The molecule has 0 atom stereocenters. The van der Waals surface area contributed by atoms with Crippen molar-refractivity contribution in [2.24, 2.45) is 4.99 Å². The van der Waals surface area contributed by atoms with Gasteiger partial charge in [-0.1, -0.05) is 0 Å². The molecule has 0 amide bonds. The maximum atomic E-state index is 4.21. The van der Waals surface area contributed by atoms with Gasteiger partial charge in [0.2, 0.25) is 0 Å². The van der Waals surface area contributed by atoms with Gasteiger partial charge >= 0.3 is 0 Å². The molecule has 1 aliphatic heterocycles. The highest BCUT2D eigenvalue weighted by molar-refractivity contribution is 5.98. The first-order valence-electron chi connectivity index (χ1n) is 3.14. The number of aliphatic imine (C=N–C) groups is 1. The minimum atomic E-state index is 0.745. The smallest absolute Gasteiger partial charge is 0.107 e. The van der Waals surface area contributed by atoms with Crippen LogP contribution in [-0.2, 0) is 0 Å². The van der Waals surface area contributed by atoms with Crippen molar-refractivity contribution >= 4 is 5.71 Å². The zero-order valence-electron chi connectivity index (χ0n) is 6.15. The van der Waals surface area contributed by atoms with Gasteiger partial charge in [-0.3, -0.25) is 4.99 Å². The molecule has 0 spiro atoms. The van der Waals surface area contributed by atoms with Gasteiger partial charge in [-0.25, -0.2) is 0 Å². The molecule has 9 heavy (non-hydrogen) atoms. The van der Waals surface area contributed by atoms with Crippen LogP contribution < -0.4 is 5.32 Å².